The van der Waals surface area contributed by atoms with Crippen LogP contribution in [0.15, 0.2) is 12.5 Å². The average molecular weight is 189 g/mol. The molecule has 0 bridgehead atoms. The molecule has 0 saturated carbocycles. The predicted octanol–water partition coefficient (Wildman–Crippen LogP) is 1.43. The first-order valence-corrected chi connectivity index (χ1v) is 3.51. The molecule has 0 aromatic heterocycles. The zero-order valence-corrected chi connectivity index (χ0v) is 6.71. The van der Waals surface area contributed by atoms with Gasteiger partial charge in [-0.1, -0.05) is 0 Å². The van der Waals surface area contributed by atoms with Crippen LogP contribution in [0.1, 0.15) is 0 Å². The van der Waals surface area contributed by atoms with Gasteiger partial charge in [-0.2, -0.15) is 0 Å². The van der Waals surface area contributed by atoms with Gasteiger partial charge in [0.2, 0.25) is 5.28 Å². The molecular weight excluding hydrogens is 187 g/mol. The van der Waals surface area contributed by atoms with Crippen LogP contribution < -0.4 is 0 Å². The standard InChI is InChI=1S/C5H2Cl2N4/c6-5-8-1-3-4(11(5)7)10-2-9-3/h1-2H. The van der Waals surface area contributed by atoms with Crippen molar-refractivity contribution in [3.05, 3.63) is 17.8 Å². The van der Waals surface area contributed by atoms with Crippen molar-refractivity contribution in [1.29, 1.82) is 0 Å². The Kier molecular flexibility index (Phi) is 1.44. The summed E-state index contributed by atoms with van der Waals surface area (Å²) in [4.78, 5) is 11.5. The van der Waals surface area contributed by atoms with E-state index >= 15 is 0 Å². The number of hydrogen-bond acceptors (Lipinski definition) is 3. The lowest BCUT2D eigenvalue weighted by Crippen LogP contribution is -1.96. The Labute approximate surface area is 72.3 Å². The van der Waals surface area contributed by atoms with Crippen molar-refractivity contribution in [2.45, 2.75) is 0 Å². The lowest BCUT2D eigenvalue weighted by atomic mass is 10.4. The van der Waals surface area contributed by atoms with Crippen molar-refractivity contribution < 1.29 is 0 Å². The number of aromatic nitrogens is 4. The molecule has 0 spiro atoms. The van der Waals surface area contributed by atoms with Gasteiger partial charge >= 0.3 is 0 Å². The molecule has 0 fully saturated rings. The third-order valence-electron chi connectivity index (χ3n) is 1.25. The van der Waals surface area contributed by atoms with Crippen LogP contribution in [-0.2, 0) is 0 Å². The van der Waals surface area contributed by atoms with Crippen molar-refractivity contribution in [3.63, 3.8) is 0 Å². The molecule has 0 atom stereocenters. The largest absolute Gasteiger partial charge is 0.231 e. The van der Waals surface area contributed by atoms with Crippen LogP contribution in [0.4, 0.5) is 0 Å². The first kappa shape index (κ1) is 6.82. The second kappa shape index (κ2) is 2.32. The fraction of sp³-hybridized carbons (Fsp3) is 0. The number of fused-ring (bicyclic) bond motifs is 1. The maximum absolute atomic E-state index is 5.69. The molecule has 4 nitrogen and oxygen atoms in total. The molecule has 0 amide bonds. The van der Waals surface area contributed by atoms with Crippen molar-refractivity contribution in [3.8, 4) is 11.5 Å². The Balaban J connectivity index is 2.81. The highest BCUT2D eigenvalue weighted by Gasteiger charge is 2.11. The van der Waals surface area contributed by atoms with Crippen LogP contribution in [0, 0.1) is 0 Å². The molecule has 2 rings (SSSR count). The van der Waals surface area contributed by atoms with Crippen LogP contribution >= 0.6 is 23.4 Å². The SMILES string of the molecule is Clc1ncc2ncnc-2n1Cl. The van der Waals surface area contributed by atoms with Crippen LogP contribution in [0.2, 0.25) is 5.28 Å². The van der Waals surface area contributed by atoms with E-state index in [-0.39, 0.29) is 5.28 Å². The second-order valence-corrected chi connectivity index (χ2v) is 2.57. The van der Waals surface area contributed by atoms with E-state index in [2.05, 4.69) is 15.0 Å². The topological polar surface area (TPSA) is 43.6 Å². The van der Waals surface area contributed by atoms with E-state index in [1.165, 1.54) is 12.5 Å². The third-order valence-corrected chi connectivity index (χ3v) is 1.92. The van der Waals surface area contributed by atoms with Gasteiger partial charge in [-0.3, -0.25) is 0 Å². The number of rotatable bonds is 0. The number of hydrogen-bond donors (Lipinski definition) is 0. The smallest absolute Gasteiger partial charge is 0.219 e. The Morgan fingerprint density at radius 2 is 2.09 bits per heavy atom. The second-order valence-electron chi connectivity index (χ2n) is 1.89. The predicted molar refractivity (Wildman–Crippen MR) is 40.7 cm³/mol. The van der Waals surface area contributed by atoms with Gasteiger partial charge in [-0.25, -0.2) is 19.0 Å². The highest BCUT2D eigenvalue weighted by atomic mass is 35.5. The first-order valence-electron chi connectivity index (χ1n) is 2.79. The van der Waals surface area contributed by atoms with Crippen molar-refractivity contribution >= 4 is 23.4 Å². The summed E-state index contributed by atoms with van der Waals surface area (Å²) >= 11 is 11.3. The summed E-state index contributed by atoms with van der Waals surface area (Å²) in [7, 11) is 0. The molecule has 0 radical (unpaired) electrons. The molecule has 6 heteroatoms. The lowest BCUT2D eigenvalue weighted by molar-refractivity contribution is 1.06. The minimum atomic E-state index is 0.180. The van der Waals surface area contributed by atoms with Gasteiger partial charge in [-0.05, 0) is 11.6 Å². The summed E-state index contributed by atoms with van der Waals surface area (Å²) in [6.07, 6.45) is 2.92. The quantitative estimate of drug-likeness (QED) is 0.588. The molecule has 0 aromatic carbocycles. The minimum Gasteiger partial charge on any atom is -0.231 e. The summed E-state index contributed by atoms with van der Waals surface area (Å²) in [5.74, 6) is 0.520. The molecule has 0 aliphatic carbocycles. The molecule has 0 unspecified atom stereocenters. The summed E-state index contributed by atoms with van der Waals surface area (Å²) in [5, 5.41) is 0.180. The van der Waals surface area contributed by atoms with E-state index in [0.29, 0.717) is 11.5 Å². The molecule has 11 heavy (non-hydrogen) atoms. The van der Waals surface area contributed by atoms with E-state index in [9.17, 15) is 0 Å². The fourth-order valence-electron chi connectivity index (χ4n) is 0.764. The monoisotopic (exact) mass is 188 g/mol. The summed E-state index contributed by atoms with van der Waals surface area (Å²) in [6, 6.07) is 0. The van der Waals surface area contributed by atoms with Crippen LogP contribution in [0.3, 0.4) is 0 Å². The fourth-order valence-corrected chi connectivity index (χ4v) is 1.07. The number of halogens is 2. The Morgan fingerprint density at radius 3 is 2.91 bits per heavy atom. The van der Waals surface area contributed by atoms with E-state index < -0.39 is 0 Å². The van der Waals surface area contributed by atoms with Crippen LogP contribution in [0.25, 0.3) is 11.5 Å². The highest BCUT2D eigenvalue weighted by Crippen LogP contribution is 2.20. The van der Waals surface area contributed by atoms with E-state index in [4.69, 9.17) is 23.4 Å². The van der Waals surface area contributed by atoms with Gasteiger partial charge in [0, 0.05) is 11.8 Å². The maximum Gasteiger partial charge on any atom is 0.219 e. The Hall–Kier alpha value is -0.870. The molecular formula is C5H2Cl2N4. The van der Waals surface area contributed by atoms with Gasteiger partial charge in [0.1, 0.15) is 12.0 Å². The van der Waals surface area contributed by atoms with Crippen molar-refractivity contribution in [2.75, 3.05) is 0 Å². The highest BCUT2D eigenvalue weighted by molar-refractivity contribution is 6.32. The first-order chi connectivity index (χ1) is 5.29. The zero-order valence-electron chi connectivity index (χ0n) is 5.20. The minimum absolute atomic E-state index is 0.180. The molecule has 0 N–H and O–H groups in total. The lowest BCUT2D eigenvalue weighted by Gasteiger charge is -2.01. The van der Waals surface area contributed by atoms with E-state index in [1.807, 2.05) is 0 Å². The normalized spacial score (nSPS) is 10.7. The molecule has 2 aliphatic rings. The van der Waals surface area contributed by atoms with Gasteiger partial charge in [-0.15, -0.1) is 0 Å². The molecule has 2 heterocycles. The molecule has 0 aromatic rings. The zero-order chi connectivity index (χ0) is 7.84. The number of imidazole rings is 1. The Bertz CT molecular complexity index is 358. The van der Waals surface area contributed by atoms with Gasteiger partial charge in [0.05, 0.1) is 6.20 Å². The van der Waals surface area contributed by atoms with Crippen LogP contribution in [0.5, 0.6) is 0 Å². The van der Waals surface area contributed by atoms with Crippen molar-refractivity contribution in [2.24, 2.45) is 0 Å². The summed E-state index contributed by atoms with van der Waals surface area (Å²) < 4.78 is 1.16. The van der Waals surface area contributed by atoms with Crippen LogP contribution in [-0.4, -0.2) is 19.0 Å². The van der Waals surface area contributed by atoms with Gasteiger partial charge in [0.15, 0.2) is 5.82 Å². The van der Waals surface area contributed by atoms with Gasteiger partial charge in [0.25, 0.3) is 0 Å². The third kappa shape index (κ3) is 0.948. The molecule has 0 saturated heterocycles. The summed E-state index contributed by atoms with van der Waals surface area (Å²) in [6.45, 7) is 0. The summed E-state index contributed by atoms with van der Waals surface area (Å²) in [5.41, 5.74) is 0.629. The van der Waals surface area contributed by atoms with Gasteiger partial charge < -0.3 is 0 Å². The van der Waals surface area contributed by atoms with E-state index in [1.54, 1.807) is 0 Å². The number of nitrogens with zero attached hydrogens (tertiary/aromatic N) is 4. The molecule has 2 aliphatic heterocycles. The van der Waals surface area contributed by atoms with E-state index in [0.717, 1.165) is 4.09 Å². The Morgan fingerprint density at radius 1 is 1.27 bits per heavy atom. The maximum atomic E-state index is 5.69. The van der Waals surface area contributed by atoms with Crippen molar-refractivity contribution in [1.82, 2.24) is 19.0 Å². The molecule has 56 valence electrons. The average Bonchev–Trinajstić information content (AvgIpc) is 2.45.